The van der Waals surface area contributed by atoms with E-state index in [2.05, 4.69) is 20.6 Å². The zero-order chi connectivity index (χ0) is 24.5. The molecular formula is C23H35N5O5S. The van der Waals surface area contributed by atoms with Crippen LogP contribution in [0.25, 0.3) is 10.9 Å². The lowest BCUT2D eigenvalue weighted by molar-refractivity contribution is 0.0530. The van der Waals surface area contributed by atoms with E-state index in [1.54, 1.807) is 0 Å². The highest BCUT2D eigenvalue weighted by molar-refractivity contribution is 7.90. The van der Waals surface area contributed by atoms with Crippen molar-refractivity contribution in [2.45, 2.75) is 69.8 Å². The van der Waals surface area contributed by atoms with E-state index >= 15 is 0 Å². The molecule has 0 radical (unpaired) electrons. The Morgan fingerprint density at radius 1 is 1.24 bits per heavy atom. The van der Waals surface area contributed by atoms with Crippen LogP contribution in [-0.4, -0.2) is 83.7 Å². The molecule has 11 heteroatoms. The van der Waals surface area contributed by atoms with Gasteiger partial charge >= 0.3 is 6.09 Å². The predicted molar refractivity (Wildman–Crippen MR) is 130 cm³/mol. The molecular weight excluding hydrogens is 458 g/mol. The molecule has 188 valence electrons. The summed E-state index contributed by atoms with van der Waals surface area (Å²) in [6.07, 6.45) is 3.63. The Labute approximate surface area is 200 Å². The number of nitrogens with one attached hydrogen (secondary N) is 2. The first kappa shape index (κ1) is 24.9. The summed E-state index contributed by atoms with van der Waals surface area (Å²) in [7, 11) is -3.11. The first-order chi connectivity index (χ1) is 16.1. The van der Waals surface area contributed by atoms with E-state index in [9.17, 15) is 18.3 Å². The average molecular weight is 494 g/mol. The van der Waals surface area contributed by atoms with Gasteiger partial charge in [-0.05, 0) is 51.7 Å². The maximum Gasteiger partial charge on any atom is 0.414 e. The zero-order valence-corrected chi connectivity index (χ0v) is 20.8. The van der Waals surface area contributed by atoms with Gasteiger partial charge in [0, 0.05) is 43.5 Å². The third-order valence-electron chi connectivity index (χ3n) is 6.63. The first-order valence-electron chi connectivity index (χ1n) is 11.9. The molecule has 3 heterocycles. The Hall–Kier alpha value is -2.21. The number of carbonyl (C=O) groups is 1. The Bertz CT molecular complexity index is 1100. The topological polar surface area (TPSA) is 126 Å². The monoisotopic (exact) mass is 493 g/mol. The van der Waals surface area contributed by atoms with Gasteiger partial charge in [0.2, 0.25) is 0 Å². The zero-order valence-electron chi connectivity index (χ0n) is 20.0. The predicted octanol–water partition coefficient (Wildman–Crippen LogP) is 1.65. The van der Waals surface area contributed by atoms with E-state index in [-0.39, 0.29) is 36.6 Å². The summed E-state index contributed by atoms with van der Waals surface area (Å²) in [6, 6.07) is 8.39. The maximum atomic E-state index is 12.7. The van der Waals surface area contributed by atoms with Gasteiger partial charge in [0.25, 0.3) is 5.88 Å². The smallest absolute Gasteiger partial charge is 0.390 e. The molecule has 3 N–H and O–H groups in total. The number of aliphatic hydroxyl groups is 1. The average Bonchev–Trinajstić information content (AvgIpc) is 3.21. The summed E-state index contributed by atoms with van der Waals surface area (Å²) >= 11 is 0. The maximum absolute atomic E-state index is 12.7. The van der Waals surface area contributed by atoms with Gasteiger partial charge in [-0.2, -0.15) is 0 Å². The van der Waals surface area contributed by atoms with Crippen molar-refractivity contribution in [1.29, 1.82) is 0 Å². The number of hydrogen-bond donors (Lipinski definition) is 3. The van der Waals surface area contributed by atoms with Crippen molar-refractivity contribution in [2.75, 3.05) is 25.2 Å². The molecule has 2 saturated heterocycles. The highest BCUT2D eigenvalue weighted by atomic mass is 32.2. The molecule has 2 aromatic rings. The third kappa shape index (κ3) is 5.88. The van der Waals surface area contributed by atoms with Crippen molar-refractivity contribution < 1.29 is 23.1 Å². The summed E-state index contributed by atoms with van der Waals surface area (Å²) in [5, 5.41) is 21.5. The van der Waals surface area contributed by atoms with Crippen molar-refractivity contribution in [3.8, 4) is 5.88 Å². The second kappa shape index (κ2) is 10.2. The van der Waals surface area contributed by atoms with Gasteiger partial charge in [-0.3, -0.25) is 9.58 Å². The Morgan fingerprint density at radius 3 is 2.56 bits per heavy atom. The minimum absolute atomic E-state index is 0.000186. The van der Waals surface area contributed by atoms with Crippen LogP contribution < -0.4 is 15.4 Å². The fraction of sp³-hybridized carbons (Fsp3) is 0.652. The number of aliphatic hydroxyl groups excluding tert-OH is 1. The number of fused-ring (bicyclic) bond motifs is 3. The van der Waals surface area contributed by atoms with Gasteiger partial charge in [-0.15, -0.1) is 5.10 Å². The molecule has 2 bridgehead atoms. The van der Waals surface area contributed by atoms with Gasteiger partial charge in [-0.1, -0.05) is 12.1 Å². The number of rotatable bonds is 9. The minimum atomic E-state index is -3.11. The molecule has 34 heavy (non-hydrogen) atoms. The largest absolute Gasteiger partial charge is 0.414 e. The van der Waals surface area contributed by atoms with Crippen LogP contribution in [0.3, 0.4) is 0 Å². The lowest BCUT2D eigenvalue weighted by atomic mass is 9.97. The summed E-state index contributed by atoms with van der Waals surface area (Å²) in [5.74, 6) is 0.169. The second-order valence-corrected chi connectivity index (χ2v) is 12.0. The number of piperidine rings is 1. The number of para-hydroxylation sites is 1. The molecule has 1 unspecified atom stereocenters. The van der Waals surface area contributed by atoms with Gasteiger partial charge < -0.3 is 20.5 Å². The standard InChI is InChI=1S/C23H35N5O5S/c1-15(2)28-21-7-5-4-6-20(21)22(26-28)33-23(30)25-16-10-17-8-9-18(11-16)27(17)13-19(29)12-24-14-34(3,31)32/h4-7,15-19,24,29H,8-14H2,1-3H3,(H,25,30)/t16?,17-,18+,19-/m1/s1. The van der Waals surface area contributed by atoms with E-state index in [1.165, 1.54) is 0 Å². The molecule has 1 aromatic heterocycles. The normalized spacial score (nSPS) is 24.0. The molecule has 2 aliphatic rings. The highest BCUT2D eigenvalue weighted by Crippen LogP contribution is 2.36. The van der Waals surface area contributed by atoms with E-state index in [0.29, 0.717) is 12.4 Å². The van der Waals surface area contributed by atoms with E-state index in [0.717, 1.165) is 42.8 Å². The summed E-state index contributed by atoms with van der Waals surface area (Å²) < 4.78 is 30.0. The Morgan fingerprint density at radius 2 is 1.91 bits per heavy atom. The van der Waals surface area contributed by atoms with Crippen molar-refractivity contribution in [3.05, 3.63) is 24.3 Å². The molecule has 2 aliphatic heterocycles. The molecule has 2 fully saturated rings. The molecule has 1 amide bonds. The molecule has 0 saturated carbocycles. The van der Waals surface area contributed by atoms with Crippen LogP contribution in [-0.2, 0) is 9.84 Å². The van der Waals surface area contributed by atoms with Crippen LogP contribution >= 0.6 is 0 Å². The second-order valence-electron chi connectivity index (χ2n) is 9.82. The number of hydrogen-bond acceptors (Lipinski definition) is 8. The van der Waals surface area contributed by atoms with Crippen LogP contribution in [0.1, 0.15) is 45.6 Å². The lowest BCUT2D eigenvalue weighted by Crippen LogP contribution is -2.53. The van der Waals surface area contributed by atoms with Gasteiger partial charge in [0.05, 0.1) is 22.9 Å². The van der Waals surface area contributed by atoms with Gasteiger partial charge in [0.15, 0.2) is 9.84 Å². The van der Waals surface area contributed by atoms with E-state index in [1.807, 2.05) is 42.8 Å². The van der Waals surface area contributed by atoms with Crippen LogP contribution in [0.5, 0.6) is 5.88 Å². The van der Waals surface area contributed by atoms with Crippen molar-refractivity contribution in [1.82, 2.24) is 25.3 Å². The molecule has 0 spiro atoms. The van der Waals surface area contributed by atoms with Gasteiger partial charge in [0.1, 0.15) is 0 Å². The third-order valence-corrected chi connectivity index (χ3v) is 7.36. The number of amides is 1. The fourth-order valence-electron chi connectivity index (χ4n) is 5.22. The van der Waals surface area contributed by atoms with E-state index < -0.39 is 22.0 Å². The van der Waals surface area contributed by atoms with Crippen molar-refractivity contribution >= 4 is 26.8 Å². The molecule has 10 nitrogen and oxygen atoms in total. The number of carbonyl (C=O) groups excluding carboxylic acids is 1. The Balaban J connectivity index is 1.31. The molecule has 1 aromatic carbocycles. The van der Waals surface area contributed by atoms with Crippen LogP contribution in [0.4, 0.5) is 4.79 Å². The quantitative estimate of drug-likeness (QED) is 0.482. The number of ether oxygens (including phenoxy) is 1. The van der Waals surface area contributed by atoms with Crippen LogP contribution in [0.2, 0.25) is 0 Å². The fourth-order valence-corrected chi connectivity index (χ4v) is 5.71. The first-order valence-corrected chi connectivity index (χ1v) is 13.9. The lowest BCUT2D eigenvalue weighted by Gasteiger charge is -2.39. The molecule has 4 rings (SSSR count). The highest BCUT2D eigenvalue weighted by Gasteiger charge is 2.41. The van der Waals surface area contributed by atoms with E-state index in [4.69, 9.17) is 4.74 Å². The van der Waals surface area contributed by atoms with Gasteiger partial charge in [-0.25, -0.2) is 13.2 Å². The van der Waals surface area contributed by atoms with Crippen molar-refractivity contribution in [2.24, 2.45) is 0 Å². The number of sulfone groups is 1. The molecule has 4 atom stereocenters. The number of aromatic nitrogens is 2. The minimum Gasteiger partial charge on any atom is -0.390 e. The van der Waals surface area contributed by atoms with Crippen molar-refractivity contribution in [3.63, 3.8) is 0 Å². The van der Waals surface area contributed by atoms with Crippen LogP contribution in [0, 0.1) is 0 Å². The SMILES string of the molecule is CC(C)n1nc(OC(=O)NC2C[C@H]3CC[C@@H](C2)N3C[C@H](O)CNCS(C)(=O)=O)c2ccccc21. The summed E-state index contributed by atoms with van der Waals surface area (Å²) in [4.78, 5) is 15.0. The number of benzene rings is 1. The molecule has 0 aliphatic carbocycles. The van der Waals surface area contributed by atoms with Crippen LogP contribution in [0.15, 0.2) is 24.3 Å². The Kier molecular flexibility index (Phi) is 7.46. The summed E-state index contributed by atoms with van der Waals surface area (Å²) in [5.41, 5.74) is 0.927. The summed E-state index contributed by atoms with van der Waals surface area (Å²) in [6.45, 7) is 4.78. The number of nitrogens with zero attached hydrogens (tertiary/aromatic N) is 3.